The van der Waals surface area contributed by atoms with Gasteiger partial charge in [0.15, 0.2) is 5.65 Å². The number of imidazole rings is 1. The molecule has 17 heavy (non-hydrogen) atoms. The molecule has 2 N–H and O–H groups in total. The molecule has 0 atom stereocenters. The SMILES string of the molecule is CC(C)(C(N)=O)n1c(CCl)nc2cccnc21. The summed E-state index contributed by atoms with van der Waals surface area (Å²) in [6.07, 6.45) is 1.65. The van der Waals surface area contributed by atoms with Gasteiger partial charge in [-0.1, -0.05) is 0 Å². The number of carbonyl (C=O) groups excluding carboxylic acids is 1. The molecule has 2 rings (SSSR count). The lowest BCUT2D eigenvalue weighted by molar-refractivity contribution is -0.125. The van der Waals surface area contributed by atoms with Gasteiger partial charge in [0.1, 0.15) is 16.9 Å². The van der Waals surface area contributed by atoms with Crippen LogP contribution in [-0.4, -0.2) is 20.4 Å². The fraction of sp³-hybridized carbons (Fsp3) is 0.364. The summed E-state index contributed by atoms with van der Waals surface area (Å²) in [6.45, 7) is 3.45. The maximum absolute atomic E-state index is 11.5. The van der Waals surface area contributed by atoms with Gasteiger partial charge < -0.3 is 5.73 Å². The molecule has 2 heterocycles. The molecular weight excluding hydrogens is 240 g/mol. The van der Waals surface area contributed by atoms with Gasteiger partial charge in [-0.2, -0.15) is 0 Å². The molecule has 0 saturated heterocycles. The van der Waals surface area contributed by atoms with Crippen LogP contribution in [0.2, 0.25) is 0 Å². The lowest BCUT2D eigenvalue weighted by Gasteiger charge is -2.24. The summed E-state index contributed by atoms with van der Waals surface area (Å²) in [5.41, 5.74) is 5.83. The lowest BCUT2D eigenvalue weighted by atomic mass is 10.0. The fourth-order valence-corrected chi connectivity index (χ4v) is 1.93. The van der Waals surface area contributed by atoms with Crippen LogP contribution < -0.4 is 5.73 Å². The molecule has 0 saturated carbocycles. The molecule has 0 spiro atoms. The van der Waals surface area contributed by atoms with Gasteiger partial charge in [0.2, 0.25) is 5.91 Å². The molecule has 2 aromatic rings. The highest BCUT2D eigenvalue weighted by Gasteiger charge is 2.31. The van der Waals surface area contributed by atoms with Crippen molar-refractivity contribution >= 4 is 28.7 Å². The average molecular weight is 253 g/mol. The average Bonchev–Trinajstić information content (AvgIpc) is 2.67. The Kier molecular flexibility index (Phi) is 2.79. The van der Waals surface area contributed by atoms with E-state index in [1.807, 2.05) is 6.07 Å². The number of amides is 1. The van der Waals surface area contributed by atoms with Gasteiger partial charge in [-0.05, 0) is 26.0 Å². The first kappa shape index (κ1) is 11.9. The highest BCUT2D eigenvalue weighted by molar-refractivity contribution is 6.16. The number of hydrogen-bond donors (Lipinski definition) is 1. The van der Waals surface area contributed by atoms with Crippen molar-refractivity contribution in [3.05, 3.63) is 24.2 Å². The Morgan fingerprint density at radius 3 is 2.88 bits per heavy atom. The molecule has 2 aromatic heterocycles. The van der Waals surface area contributed by atoms with Crippen LogP contribution in [0, 0.1) is 0 Å². The minimum Gasteiger partial charge on any atom is -0.368 e. The molecule has 0 bridgehead atoms. The first-order valence-corrected chi connectivity index (χ1v) is 5.70. The van der Waals surface area contributed by atoms with E-state index in [4.69, 9.17) is 17.3 Å². The van der Waals surface area contributed by atoms with Gasteiger partial charge in [-0.25, -0.2) is 9.97 Å². The molecule has 90 valence electrons. The molecule has 6 heteroatoms. The topological polar surface area (TPSA) is 73.8 Å². The van der Waals surface area contributed by atoms with Crippen molar-refractivity contribution in [2.45, 2.75) is 25.3 Å². The van der Waals surface area contributed by atoms with Crippen LogP contribution in [0.25, 0.3) is 11.2 Å². The van der Waals surface area contributed by atoms with Crippen LogP contribution in [0.4, 0.5) is 0 Å². The highest BCUT2D eigenvalue weighted by atomic mass is 35.5. The van der Waals surface area contributed by atoms with Crippen molar-refractivity contribution in [1.29, 1.82) is 0 Å². The Bertz CT molecular complexity index is 576. The number of carbonyl (C=O) groups is 1. The van der Waals surface area contributed by atoms with Gasteiger partial charge in [0.25, 0.3) is 0 Å². The fourth-order valence-electron chi connectivity index (χ4n) is 1.75. The summed E-state index contributed by atoms with van der Waals surface area (Å²) in [4.78, 5) is 20.1. The Hall–Kier alpha value is -1.62. The Morgan fingerprint density at radius 1 is 1.59 bits per heavy atom. The second-order valence-corrected chi connectivity index (χ2v) is 4.53. The number of rotatable bonds is 3. The van der Waals surface area contributed by atoms with Gasteiger partial charge in [0, 0.05) is 6.20 Å². The van der Waals surface area contributed by atoms with Gasteiger partial charge >= 0.3 is 0 Å². The van der Waals surface area contributed by atoms with Crippen LogP contribution in [-0.2, 0) is 16.2 Å². The third kappa shape index (κ3) is 1.76. The van der Waals surface area contributed by atoms with E-state index >= 15 is 0 Å². The molecule has 0 aliphatic rings. The van der Waals surface area contributed by atoms with Crippen LogP contribution in [0.3, 0.4) is 0 Å². The Labute approximate surface area is 104 Å². The predicted octanol–water partition coefficient (Wildman–Crippen LogP) is 1.39. The number of aromatic nitrogens is 3. The van der Waals surface area contributed by atoms with E-state index in [9.17, 15) is 4.79 Å². The summed E-state index contributed by atoms with van der Waals surface area (Å²) < 4.78 is 1.69. The van der Waals surface area contributed by atoms with E-state index in [1.165, 1.54) is 0 Å². The zero-order chi connectivity index (χ0) is 12.6. The van der Waals surface area contributed by atoms with Crippen molar-refractivity contribution in [3.63, 3.8) is 0 Å². The number of nitrogens with zero attached hydrogens (tertiary/aromatic N) is 3. The normalized spacial score (nSPS) is 11.9. The van der Waals surface area contributed by atoms with Gasteiger partial charge in [-0.15, -0.1) is 11.6 Å². The molecular formula is C11H13ClN4O. The standard InChI is InChI=1S/C11H13ClN4O/c1-11(2,10(13)17)16-8(6-12)15-7-4-3-5-14-9(7)16/h3-5H,6H2,1-2H3,(H2,13,17). The van der Waals surface area contributed by atoms with E-state index < -0.39 is 11.4 Å². The maximum Gasteiger partial charge on any atom is 0.243 e. The zero-order valence-corrected chi connectivity index (χ0v) is 10.4. The molecule has 0 radical (unpaired) electrons. The highest BCUT2D eigenvalue weighted by Crippen LogP contribution is 2.24. The predicted molar refractivity (Wildman–Crippen MR) is 65.6 cm³/mol. The van der Waals surface area contributed by atoms with E-state index in [1.54, 1.807) is 30.7 Å². The lowest BCUT2D eigenvalue weighted by Crippen LogP contribution is -2.42. The quantitative estimate of drug-likeness (QED) is 0.839. The Balaban J connectivity index is 2.78. The third-order valence-electron chi connectivity index (χ3n) is 2.77. The Morgan fingerprint density at radius 2 is 2.29 bits per heavy atom. The number of alkyl halides is 1. The number of halogens is 1. The molecule has 5 nitrogen and oxygen atoms in total. The maximum atomic E-state index is 11.5. The van der Waals surface area contributed by atoms with E-state index in [0.29, 0.717) is 17.0 Å². The third-order valence-corrected chi connectivity index (χ3v) is 3.01. The molecule has 0 fully saturated rings. The molecule has 0 unspecified atom stereocenters. The molecule has 1 amide bonds. The summed E-state index contributed by atoms with van der Waals surface area (Å²) >= 11 is 5.85. The smallest absolute Gasteiger partial charge is 0.243 e. The van der Waals surface area contributed by atoms with E-state index in [0.717, 1.165) is 0 Å². The summed E-state index contributed by atoms with van der Waals surface area (Å²) in [5.74, 6) is 0.338. The van der Waals surface area contributed by atoms with Crippen LogP contribution in [0.1, 0.15) is 19.7 Å². The molecule has 0 aliphatic heterocycles. The number of hydrogen-bond acceptors (Lipinski definition) is 3. The largest absolute Gasteiger partial charge is 0.368 e. The van der Waals surface area contributed by atoms with E-state index in [2.05, 4.69) is 9.97 Å². The van der Waals surface area contributed by atoms with Crippen molar-refractivity contribution in [2.24, 2.45) is 5.73 Å². The van der Waals surface area contributed by atoms with Gasteiger partial charge in [-0.3, -0.25) is 9.36 Å². The van der Waals surface area contributed by atoms with Crippen LogP contribution >= 0.6 is 11.6 Å². The summed E-state index contributed by atoms with van der Waals surface area (Å²) in [6, 6.07) is 3.61. The van der Waals surface area contributed by atoms with Gasteiger partial charge in [0.05, 0.1) is 5.88 Å². The number of nitrogens with two attached hydrogens (primary N) is 1. The second kappa shape index (κ2) is 4.00. The second-order valence-electron chi connectivity index (χ2n) is 4.27. The monoisotopic (exact) mass is 252 g/mol. The number of fused-ring (bicyclic) bond motifs is 1. The first-order chi connectivity index (χ1) is 7.98. The van der Waals surface area contributed by atoms with Crippen LogP contribution in [0.15, 0.2) is 18.3 Å². The first-order valence-electron chi connectivity index (χ1n) is 5.17. The minimum absolute atomic E-state index is 0.201. The number of primary amides is 1. The van der Waals surface area contributed by atoms with Crippen molar-refractivity contribution < 1.29 is 4.79 Å². The summed E-state index contributed by atoms with van der Waals surface area (Å²) in [7, 11) is 0. The molecule has 0 aliphatic carbocycles. The van der Waals surface area contributed by atoms with Crippen molar-refractivity contribution in [2.75, 3.05) is 0 Å². The van der Waals surface area contributed by atoms with Crippen molar-refractivity contribution in [1.82, 2.24) is 14.5 Å². The minimum atomic E-state index is -0.909. The number of pyridine rings is 1. The van der Waals surface area contributed by atoms with Crippen molar-refractivity contribution in [3.8, 4) is 0 Å². The van der Waals surface area contributed by atoms with Crippen LogP contribution in [0.5, 0.6) is 0 Å². The molecule has 0 aromatic carbocycles. The zero-order valence-electron chi connectivity index (χ0n) is 9.64. The summed E-state index contributed by atoms with van der Waals surface area (Å²) in [5, 5.41) is 0. The van der Waals surface area contributed by atoms with E-state index in [-0.39, 0.29) is 5.88 Å².